The number of carboxylic acids is 1. The van der Waals surface area contributed by atoms with Crippen molar-refractivity contribution >= 4 is 21.9 Å². The third kappa shape index (κ3) is 2.21. The van der Waals surface area contributed by atoms with E-state index in [0.29, 0.717) is 4.47 Å². The maximum atomic E-state index is 13.6. The molecule has 88 valence electrons. The van der Waals surface area contributed by atoms with Gasteiger partial charge in [0, 0.05) is 17.0 Å². The van der Waals surface area contributed by atoms with E-state index in [4.69, 9.17) is 9.52 Å². The Morgan fingerprint density at radius 2 is 2.24 bits per heavy atom. The molecule has 1 aromatic heterocycles. The van der Waals surface area contributed by atoms with Gasteiger partial charge in [-0.05, 0) is 18.2 Å². The number of benzene rings is 1. The standard InChI is InChI=1S/C11H7BrFNO3/c1-5-14-9(10(17-5)11(15)16)7-4-6(12)2-3-8(7)13/h2-4H,1H3,(H,15,16). The van der Waals surface area contributed by atoms with Crippen molar-refractivity contribution in [3.8, 4) is 11.3 Å². The molecule has 2 rings (SSSR count). The minimum atomic E-state index is -1.28. The van der Waals surface area contributed by atoms with E-state index >= 15 is 0 Å². The molecule has 0 aliphatic carbocycles. The van der Waals surface area contributed by atoms with Gasteiger partial charge in [-0.2, -0.15) is 0 Å². The average molecular weight is 300 g/mol. The molecule has 4 nitrogen and oxygen atoms in total. The zero-order valence-corrected chi connectivity index (χ0v) is 10.3. The minimum absolute atomic E-state index is 0.00574. The van der Waals surface area contributed by atoms with Crippen LogP contribution in [0.25, 0.3) is 11.3 Å². The molecule has 0 fully saturated rings. The second-order valence-corrected chi connectivity index (χ2v) is 4.26. The monoisotopic (exact) mass is 299 g/mol. The van der Waals surface area contributed by atoms with Crippen molar-refractivity contribution in [2.24, 2.45) is 0 Å². The lowest BCUT2D eigenvalue weighted by Crippen LogP contribution is -1.98. The van der Waals surface area contributed by atoms with Gasteiger partial charge < -0.3 is 9.52 Å². The topological polar surface area (TPSA) is 63.3 Å². The highest BCUT2D eigenvalue weighted by Crippen LogP contribution is 2.28. The second-order valence-electron chi connectivity index (χ2n) is 3.34. The highest BCUT2D eigenvalue weighted by atomic mass is 79.9. The SMILES string of the molecule is Cc1nc(-c2cc(Br)ccc2F)c(C(=O)O)o1. The summed E-state index contributed by atoms with van der Waals surface area (Å²) in [6.45, 7) is 1.51. The fourth-order valence-corrected chi connectivity index (χ4v) is 1.79. The van der Waals surface area contributed by atoms with Crippen molar-refractivity contribution in [1.82, 2.24) is 4.98 Å². The Balaban J connectivity index is 2.67. The third-order valence-electron chi connectivity index (χ3n) is 2.11. The number of hydrogen-bond acceptors (Lipinski definition) is 3. The molecule has 2 aromatic rings. The molecule has 0 saturated carbocycles. The van der Waals surface area contributed by atoms with Crippen molar-refractivity contribution in [1.29, 1.82) is 0 Å². The number of hydrogen-bond donors (Lipinski definition) is 1. The predicted octanol–water partition coefficient (Wildman–Crippen LogP) is 3.25. The molecule has 0 aliphatic heterocycles. The largest absolute Gasteiger partial charge is 0.475 e. The van der Waals surface area contributed by atoms with Crippen LogP contribution in [0.2, 0.25) is 0 Å². The number of oxazole rings is 1. The maximum Gasteiger partial charge on any atom is 0.374 e. The molecule has 6 heteroatoms. The molecule has 0 bridgehead atoms. The Morgan fingerprint density at radius 1 is 1.53 bits per heavy atom. The van der Waals surface area contributed by atoms with Crippen LogP contribution < -0.4 is 0 Å². The van der Waals surface area contributed by atoms with E-state index in [1.165, 1.54) is 25.1 Å². The van der Waals surface area contributed by atoms with Crippen LogP contribution in [0, 0.1) is 12.7 Å². The smallest absolute Gasteiger partial charge is 0.374 e. The quantitative estimate of drug-likeness (QED) is 0.924. The lowest BCUT2D eigenvalue weighted by molar-refractivity contribution is 0.0662. The highest BCUT2D eigenvalue weighted by Gasteiger charge is 2.21. The summed E-state index contributed by atoms with van der Waals surface area (Å²) in [5.74, 6) is -2.01. The van der Waals surface area contributed by atoms with E-state index in [0.717, 1.165) is 0 Å². The minimum Gasteiger partial charge on any atom is -0.475 e. The lowest BCUT2D eigenvalue weighted by atomic mass is 10.1. The van der Waals surface area contributed by atoms with E-state index in [1.54, 1.807) is 0 Å². The van der Waals surface area contributed by atoms with Gasteiger partial charge in [-0.15, -0.1) is 0 Å². The first-order valence-corrected chi connectivity index (χ1v) is 5.44. The van der Waals surface area contributed by atoms with E-state index in [-0.39, 0.29) is 22.9 Å². The van der Waals surface area contributed by atoms with Crippen LogP contribution in [0.15, 0.2) is 27.1 Å². The van der Waals surface area contributed by atoms with Gasteiger partial charge in [-0.1, -0.05) is 15.9 Å². The molecule has 17 heavy (non-hydrogen) atoms. The molecule has 0 aliphatic rings. The fourth-order valence-electron chi connectivity index (χ4n) is 1.43. The Labute approximate surface area is 104 Å². The summed E-state index contributed by atoms with van der Waals surface area (Å²) in [5.41, 5.74) is 0.0856. The summed E-state index contributed by atoms with van der Waals surface area (Å²) in [6.07, 6.45) is 0. The Kier molecular flexibility index (Phi) is 2.97. The number of aromatic nitrogens is 1. The first-order chi connectivity index (χ1) is 7.99. The van der Waals surface area contributed by atoms with E-state index in [2.05, 4.69) is 20.9 Å². The summed E-state index contributed by atoms with van der Waals surface area (Å²) in [6, 6.07) is 4.21. The van der Waals surface area contributed by atoms with Crippen LogP contribution >= 0.6 is 15.9 Å². The zero-order valence-electron chi connectivity index (χ0n) is 8.70. The molecule has 0 radical (unpaired) electrons. The van der Waals surface area contributed by atoms with E-state index in [9.17, 15) is 9.18 Å². The van der Waals surface area contributed by atoms with Gasteiger partial charge in [0.1, 0.15) is 11.5 Å². The van der Waals surface area contributed by atoms with Crippen molar-refractivity contribution < 1.29 is 18.7 Å². The molecule has 0 amide bonds. The molecule has 1 aromatic carbocycles. The molecule has 0 saturated heterocycles. The molecule has 0 atom stereocenters. The number of carbonyl (C=O) groups is 1. The van der Waals surface area contributed by atoms with Crippen LogP contribution in [0.5, 0.6) is 0 Å². The summed E-state index contributed by atoms with van der Waals surface area (Å²) in [5, 5.41) is 8.93. The van der Waals surface area contributed by atoms with Crippen molar-refractivity contribution in [3.05, 3.63) is 40.1 Å². The predicted molar refractivity (Wildman–Crippen MR) is 61.3 cm³/mol. The Morgan fingerprint density at radius 3 is 2.88 bits per heavy atom. The van der Waals surface area contributed by atoms with Crippen molar-refractivity contribution in [2.75, 3.05) is 0 Å². The summed E-state index contributed by atoms with van der Waals surface area (Å²) >= 11 is 3.19. The van der Waals surface area contributed by atoms with Gasteiger partial charge in [-0.3, -0.25) is 0 Å². The molecular formula is C11H7BrFNO3. The molecular weight excluding hydrogens is 293 g/mol. The average Bonchev–Trinajstić information content (AvgIpc) is 2.64. The first-order valence-electron chi connectivity index (χ1n) is 4.65. The number of carboxylic acid groups (broad SMARTS) is 1. The maximum absolute atomic E-state index is 13.6. The number of nitrogens with zero attached hydrogens (tertiary/aromatic N) is 1. The normalized spacial score (nSPS) is 10.5. The molecule has 1 N–H and O–H groups in total. The van der Waals surface area contributed by atoms with Gasteiger partial charge in [0.25, 0.3) is 0 Å². The zero-order chi connectivity index (χ0) is 12.6. The molecule has 0 spiro atoms. The van der Waals surface area contributed by atoms with Gasteiger partial charge in [-0.25, -0.2) is 14.2 Å². The van der Waals surface area contributed by atoms with Crippen LogP contribution in [0.3, 0.4) is 0 Å². The fraction of sp³-hybridized carbons (Fsp3) is 0.0909. The number of aryl methyl sites for hydroxylation is 1. The summed E-state index contributed by atoms with van der Waals surface area (Å²) in [4.78, 5) is 14.8. The van der Waals surface area contributed by atoms with E-state index in [1.807, 2.05) is 0 Å². The van der Waals surface area contributed by atoms with Crippen LogP contribution in [-0.4, -0.2) is 16.1 Å². The molecule has 0 unspecified atom stereocenters. The van der Waals surface area contributed by atoms with Crippen LogP contribution in [0.1, 0.15) is 16.4 Å². The lowest BCUT2D eigenvalue weighted by Gasteiger charge is -2.00. The van der Waals surface area contributed by atoms with Gasteiger partial charge in [0.2, 0.25) is 5.76 Å². The van der Waals surface area contributed by atoms with Gasteiger partial charge in [0.15, 0.2) is 5.89 Å². The van der Waals surface area contributed by atoms with Crippen molar-refractivity contribution in [2.45, 2.75) is 6.92 Å². The van der Waals surface area contributed by atoms with Gasteiger partial charge in [0.05, 0.1) is 0 Å². The Hall–Kier alpha value is -1.69. The highest BCUT2D eigenvalue weighted by molar-refractivity contribution is 9.10. The third-order valence-corrected chi connectivity index (χ3v) is 2.61. The summed E-state index contributed by atoms with van der Waals surface area (Å²) < 4.78 is 19.2. The van der Waals surface area contributed by atoms with Crippen LogP contribution in [0.4, 0.5) is 4.39 Å². The van der Waals surface area contributed by atoms with E-state index < -0.39 is 11.8 Å². The first kappa shape index (κ1) is 11.8. The number of rotatable bonds is 2. The molecule has 1 heterocycles. The number of halogens is 2. The second kappa shape index (κ2) is 4.29. The number of aromatic carboxylic acids is 1. The Bertz CT molecular complexity index is 594. The van der Waals surface area contributed by atoms with Crippen LogP contribution in [-0.2, 0) is 0 Å². The summed E-state index contributed by atoms with van der Waals surface area (Å²) in [7, 11) is 0. The van der Waals surface area contributed by atoms with Crippen molar-refractivity contribution in [3.63, 3.8) is 0 Å². The van der Waals surface area contributed by atoms with Gasteiger partial charge >= 0.3 is 5.97 Å².